The van der Waals surface area contributed by atoms with Gasteiger partial charge in [-0.15, -0.1) is 0 Å². The second kappa shape index (κ2) is 3.93. The minimum absolute atomic E-state index is 0.500. The van der Waals surface area contributed by atoms with E-state index in [9.17, 15) is 4.39 Å². The summed E-state index contributed by atoms with van der Waals surface area (Å²) in [5.74, 6) is 0. The number of aromatic nitrogens is 2. The van der Waals surface area contributed by atoms with Crippen molar-refractivity contribution < 1.29 is 4.39 Å². The van der Waals surface area contributed by atoms with Crippen molar-refractivity contribution in [3.8, 4) is 0 Å². The van der Waals surface area contributed by atoms with Crippen LogP contribution in [-0.2, 0) is 12.2 Å². The smallest absolute Gasteiger partial charge is 0.133 e. The highest BCUT2D eigenvalue weighted by Crippen LogP contribution is 2.23. The molecule has 1 atom stereocenters. The Kier molecular flexibility index (Phi) is 2.78. The van der Waals surface area contributed by atoms with Gasteiger partial charge in [-0.25, -0.2) is 4.39 Å². The van der Waals surface area contributed by atoms with E-state index in [-0.39, 0.29) is 0 Å². The van der Waals surface area contributed by atoms with Crippen molar-refractivity contribution in [1.29, 1.82) is 0 Å². The average molecular weight is 211 g/mol. The van der Waals surface area contributed by atoms with Gasteiger partial charge in [0.2, 0.25) is 0 Å². The summed E-state index contributed by atoms with van der Waals surface area (Å²) in [4.78, 5) is 0. The first kappa shape index (κ1) is 10.6. The van der Waals surface area contributed by atoms with Crippen LogP contribution in [0.4, 0.5) is 4.39 Å². The number of hydrogen-bond donors (Lipinski definition) is 1. The Morgan fingerprint density at radius 1 is 1.67 bits per heavy atom. The molecular weight excluding hydrogens is 193 g/mol. The van der Waals surface area contributed by atoms with Crippen molar-refractivity contribution in [2.24, 2.45) is 0 Å². The van der Waals surface area contributed by atoms with Gasteiger partial charge in [0.05, 0.1) is 12.7 Å². The predicted molar refractivity (Wildman–Crippen MR) is 57.4 cm³/mol. The molecule has 1 N–H and O–H groups in total. The van der Waals surface area contributed by atoms with Gasteiger partial charge in [-0.1, -0.05) is 0 Å². The van der Waals surface area contributed by atoms with Crippen LogP contribution in [-0.4, -0.2) is 22.4 Å². The second-order valence-electron chi connectivity index (χ2n) is 4.72. The SMILES string of the molecule is CC(C)(F)c1cnn(CC2CCCN2)c1. The summed E-state index contributed by atoms with van der Waals surface area (Å²) in [6, 6.07) is 0.500. The van der Waals surface area contributed by atoms with Gasteiger partial charge in [-0.05, 0) is 33.2 Å². The van der Waals surface area contributed by atoms with Crippen LogP contribution in [0.1, 0.15) is 32.3 Å². The van der Waals surface area contributed by atoms with Crippen LogP contribution >= 0.6 is 0 Å². The molecule has 1 aliphatic heterocycles. The van der Waals surface area contributed by atoms with E-state index in [4.69, 9.17) is 0 Å². The molecule has 1 aromatic rings. The topological polar surface area (TPSA) is 29.9 Å². The first-order valence-corrected chi connectivity index (χ1v) is 5.51. The van der Waals surface area contributed by atoms with Gasteiger partial charge in [-0.2, -0.15) is 5.10 Å². The molecule has 0 amide bonds. The van der Waals surface area contributed by atoms with Gasteiger partial charge in [0.1, 0.15) is 5.67 Å². The van der Waals surface area contributed by atoms with Gasteiger partial charge in [0.15, 0.2) is 0 Å². The molecule has 2 rings (SSSR count). The Hall–Kier alpha value is -0.900. The average Bonchev–Trinajstić information content (AvgIpc) is 2.73. The normalized spacial score (nSPS) is 22.2. The fourth-order valence-electron chi connectivity index (χ4n) is 1.91. The molecule has 0 bridgehead atoms. The van der Waals surface area contributed by atoms with E-state index in [1.54, 1.807) is 26.2 Å². The number of hydrogen-bond acceptors (Lipinski definition) is 2. The van der Waals surface area contributed by atoms with Gasteiger partial charge in [-0.3, -0.25) is 4.68 Å². The maximum atomic E-state index is 13.6. The van der Waals surface area contributed by atoms with E-state index in [2.05, 4.69) is 10.4 Å². The van der Waals surface area contributed by atoms with Crippen LogP contribution < -0.4 is 5.32 Å². The van der Waals surface area contributed by atoms with Crippen molar-refractivity contribution in [3.63, 3.8) is 0 Å². The molecule has 3 nitrogen and oxygen atoms in total. The fraction of sp³-hybridized carbons (Fsp3) is 0.727. The summed E-state index contributed by atoms with van der Waals surface area (Å²) in [6.45, 7) is 5.05. The van der Waals surface area contributed by atoms with Crippen LogP contribution in [0.3, 0.4) is 0 Å². The molecule has 0 aromatic carbocycles. The Bertz CT molecular complexity index is 321. The van der Waals surface area contributed by atoms with Crippen LogP contribution in [0.2, 0.25) is 0 Å². The maximum absolute atomic E-state index is 13.6. The van der Waals surface area contributed by atoms with E-state index in [1.165, 1.54) is 12.8 Å². The van der Waals surface area contributed by atoms with E-state index in [0.717, 1.165) is 13.1 Å². The van der Waals surface area contributed by atoms with Crippen LogP contribution in [0.25, 0.3) is 0 Å². The number of halogens is 1. The van der Waals surface area contributed by atoms with E-state index in [1.807, 2.05) is 4.68 Å². The van der Waals surface area contributed by atoms with Crippen molar-refractivity contribution in [3.05, 3.63) is 18.0 Å². The lowest BCUT2D eigenvalue weighted by atomic mass is 10.1. The quantitative estimate of drug-likeness (QED) is 0.826. The lowest BCUT2D eigenvalue weighted by Gasteiger charge is -2.11. The summed E-state index contributed by atoms with van der Waals surface area (Å²) in [5, 5.41) is 7.58. The van der Waals surface area contributed by atoms with Gasteiger partial charge in [0.25, 0.3) is 0 Å². The highest BCUT2D eigenvalue weighted by atomic mass is 19.1. The number of rotatable bonds is 3. The molecule has 1 fully saturated rings. The molecule has 2 heterocycles. The lowest BCUT2D eigenvalue weighted by molar-refractivity contribution is 0.221. The largest absolute Gasteiger partial charge is 0.312 e. The summed E-state index contributed by atoms with van der Waals surface area (Å²) in [5.41, 5.74) is -0.637. The Labute approximate surface area is 89.7 Å². The number of nitrogens with zero attached hydrogens (tertiary/aromatic N) is 2. The number of alkyl halides is 1. The highest BCUT2D eigenvalue weighted by Gasteiger charge is 2.21. The van der Waals surface area contributed by atoms with Gasteiger partial charge in [0, 0.05) is 17.8 Å². The monoisotopic (exact) mass is 211 g/mol. The molecular formula is C11H18FN3. The van der Waals surface area contributed by atoms with Crippen LogP contribution in [0, 0.1) is 0 Å². The Balaban J connectivity index is 2.00. The Morgan fingerprint density at radius 2 is 2.47 bits per heavy atom. The van der Waals surface area contributed by atoms with Gasteiger partial charge < -0.3 is 5.32 Å². The number of nitrogens with one attached hydrogen (secondary N) is 1. The molecule has 4 heteroatoms. The zero-order valence-electron chi connectivity index (χ0n) is 9.33. The summed E-state index contributed by atoms with van der Waals surface area (Å²) in [7, 11) is 0. The molecule has 15 heavy (non-hydrogen) atoms. The maximum Gasteiger partial charge on any atom is 0.133 e. The standard InChI is InChI=1S/C11H18FN3/c1-11(2,12)9-6-14-15(7-9)8-10-4-3-5-13-10/h6-7,10,13H,3-5,8H2,1-2H3. The zero-order valence-corrected chi connectivity index (χ0v) is 9.33. The van der Waals surface area contributed by atoms with Crippen molar-refractivity contribution in [1.82, 2.24) is 15.1 Å². The predicted octanol–water partition coefficient (Wildman–Crippen LogP) is 1.84. The van der Waals surface area contributed by atoms with Crippen molar-refractivity contribution in [2.75, 3.05) is 6.54 Å². The van der Waals surface area contributed by atoms with Crippen molar-refractivity contribution >= 4 is 0 Å². The first-order valence-electron chi connectivity index (χ1n) is 5.51. The molecule has 1 saturated heterocycles. The third kappa shape index (κ3) is 2.56. The first-order chi connectivity index (χ1) is 7.05. The van der Waals surface area contributed by atoms with Crippen LogP contribution in [0.15, 0.2) is 12.4 Å². The van der Waals surface area contributed by atoms with Gasteiger partial charge >= 0.3 is 0 Å². The van der Waals surface area contributed by atoms with E-state index >= 15 is 0 Å². The molecule has 1 unspecified atom stereocenters. The minimum atomic E-state index is -1.29. The summed E-state index contributed by atoms with van der Waals surface area (Å²) in [6.07, 6.45) is 5.84. The fourth-order valence-corrected chi connectivity index (χ4v) is 1.91. The zero-order chi connectivity index (χ0) is 10.9. The molecule has 0 spiro atoms. The molecule has 84 valence electrons. The molecule has 1 aliphatic rings. The molecule has 0 radical (unpaired) electrons. The lowest BCUT2D eigenvalue weighted by Crippen LogP contribution is -2.26. The van der Waals surface area contributed by atoms with E-state index < -0.39 is 5.67 Å². The van der Waals surface area contributed by atoms with Crippen molar-refractivity contribution in [2.45, 2.75) is 44.9 Å². The second-order valence-corrected chi connectivity index (χ2v) is 4.72. The highest BCUT2D eigenvalue weighted by molar-refractivity contribution is 5.12. The third-order valence-corrected chi connectivity index (χ3v) is 2.89. The molecule has 0 saturated carbocycles. The van der Waals surface area contributed by atoms with Crippen LogP contribution in [0.5, 0.6) is 0 Å². The minimum Gasteiger partial charge on any atom is -0.312 e. The summed E-state index contributed by atoms with van der Waals surface area (Å²) < 4.78 is 15.4. The molecule has 0 aliphatic carbocycles. The summed E-state index contributed by atoms with van der Waals surface area (Å²) >= 11 is 0. The Morgan fingerprint density at radius 3 is 3.00 bits per heavy atom. The van der Waals surface area contributed by atoms with E-state index in [0.29, 0.717) is 11.6 Å². The third-order valence-electron chi connectivity index (χ3n) is 2.89. The molecule has 1 aromatic heterocycles.